The molecular formula is C13H15N3O4S. The van der Waals surface area contributed by atoms with Gasteiger partial charge in [0.25, 0.3) is 0 Å². The zero-order valence-electron chi connectivity index (χ0n) is 11.4. The largest absolute Gasteiger partial charge is 0.486 e. The number of H-pyrrole nitrogens is 1. The molecule has 1 aromatic heterocycles. The van der Waals surface area contributed by atoms with Crippen molar-refractivity contribution in [1.82, 2.24) is 14.7 Å². The third-order valence-corrected chi connectivity index (χ3v) is 4.62. The summed E-state index contributed by atoms with van der Waals surface area (Å²) < 4.78 is 38.1. The molecule has 1 aromatic carbocycles. The Morgan fingerprint density at radius 2 is 2.05 bits per heavy atom. The Labute approximate surface area is 122 Å². The molecule has 3 rings (SSSR count). The zero-order valence-corrected chi connectivity index (χ0v) is 12.2. The molecule has 1 atom stereocenters. The summed E-state index contributed by atoms with van der Waals surface area (Å²) in [5.41, 5.74) is 0. The summed E-state index contributed by atoms with van der Waals surface area (Å²) in [6.45, 7) is 2.59. The minimum atomic E-state index is -3.66. The maximum Gasteiger partial charge on any atom is 0.241 e. The van der Waals surface area contributed by atoms with Crippen LogP contribution in [0.2, 0.25) is 0 Å². The van der Waals surface area contributed by atoms with E-state index in [0.717, 1.165) is 0 Å². The second kappa shape index (κ2) is 5.38. The highest BCUT2D eigenvalue weighted by Crippen LogP contribution is 2.32. The lowest BCUT2D eigenvalue weighted by molar-refractivity contribution is 0.171. The molecule has 8 heteroatoms. The fourth-order valence-corrected chi connectivity index (χ4v) is 3.28. The van der Waals surface area contributed by atoms with Gasteiger partial charge in [0.15, 0.2) is 11.5 Å². The van der Waals surface area contributed by atoms with Crippen LogP contribution in [0.15, 0.2) is 35.5 Å². The fourth-order valence-electron chi connectivity index (χ4n) is 2.06. The van der Waals surface area contributed by atoms with Gasteiger partial charge in [-0.2, -0.15) is 0 Å². The number of fused-ring (bicyclic) bond motifs is 1. The Morgan fingerprint density at radius 3 is 2.76 bits per heavy atom. The van der Waals surface area contributed by atoms with Gasteiger partial charge in [0.1, 0.15) is 19.0 Å². The van der Waals surface area contributed by atoms with E-state index in [1.165, 1.54) is 12.1 Å². The maximum absolute atomic E-state index is 12.4. The number of imidazole rings is 1. The number of ether oxygens (including phenoxy) is 2. The molecule has 0 aliphatic carbocycles. The molecule has 0 saturated heterocycles. The van der Waals surface area contributed by atoms with Crippen LogP contribution in [-0.2, 0) is 10.0 Å². The number of nitrogens with zero attached hydrogens (tertiary/aromatic N) is 1. The van der Waals surface area contributed by atoms with E-state index in [1.54, 1.807) is 25.4 Å². The van der Waals surface area contributed by atoms with Crippen molar-refractivity contribution in [2.24, 2.45) is 0 Å². The van der Waals surface area contributed by atoms with Crippen molar-refractivity contribution < 1.29 is 17.9 Å². The van der Waals surface area contributed by atoms with Crippen LogP contribution in [0.25, 0.3) is 0 Å². The molecule has 1 aliphatic rings. The van der Waals surface area contributed by atoms with Crippen molar-refractivity contribution in [2.45, 2.75) is 17.9 Å². The molecule has 2 aromatic rings. The van der Waals surface area contributed by atoms with Crippen molar-refractivity contribution in [3.8, 4) is 11.5 Å². The highest BCUT2D eigenvalue weighted by Gasteiger charge is 2.22. The average molecular weight is 309 g/mol. The Morgan fingerprint density at radius 1 is 1.29 bits per heavy atom. The van der Waals surface area contributed by atoms with E-state index >= 15 is 0 Å². The van der Waals surface area contributed by atoms with Crippen molar-refractivity contribution in [1.29, 1.82) is 0 Å². The van der Waals surface area contributed by atoms with E-state index in [9.17, 15) is 8.42 Å². The summed E-state index contributed by atoms with van der Waals surface area (Å²) in [6, 6.07) is 4.09. The quantitative estimate of drug-likeness (QED) is 0.886. The van der Waals surface area contributed by atoms with Crippen LogP contribution in [0.4, 0.5) is 0 Å². The lowest BCUT2D eigenvalue weighted by atomic mass is 10.3. The van der Waals surface area contributed by atoms with Crippen LogP contribution in [0.1, 0.15) is 18.8 Å². The van der Waals surface area contributed by atoms with Crippen LogP contribution in [0.5, 0.6) is 11.5 Å². The van der Waals surface area contributed by atoms with E-state index in [1.807, 2.05) is 0 Å². The second-order valence-electron chi connectivity index (χ2n) is 4.62. The highest BCUT2D eigenvalue weighted by atomic mass is 32.2. The monoisotopic (exact) mass is 309 g/mol. The van der Waals surface area contributed by atoms with E-state index in [0.29, 0.717) is 30.5 Å². The molecule has 2 N–H and O–H groups in total. The predicted molar refractivity (Wildman–Crippen MR) is 74.8 cm³/mol. The molecule has 1 unspecified atom stereocenters. The standard InChI is InChI=1S/C13H15N3O4S/c1-9(13-14-4-5-15-13)16-21(17,18)10-2-3-11-12(8-10)20-7-6-19-11/h2-5,8-9,16H,6-7H2,1H3,(H,14,15). The number of sulfonamides is 1. The van der Waals surface area contributed by atoms with Crippen molar-refractivity contribution in [3.05, 3.63) is 36.4 Å². The second-order valence-corrected chi connectivity index (χ2v) is 6.34. The highest BCUT2D eigenvalue weighted by molar-refractivity contribution is 7.89. The Bertz CT molecular complexity index is 728. The predicted octanol–water partition coefficient (Wildman–Crippen LogP) is 1.22. The van der Waals surface area contributed by atoms with Gasteiger partial charge in [0.05, 0.1) is 10.9 Å². The number of hydrogen-bond donors (Lipinski definition) is 2. The Hall–Kier alpha value is -2.06. The number of hydrogen-bond acceptors (Lipinski definition) is 5. The fraction of sp³-hybridized carbons (Fsp3) is 0.308. The van der Waals surface area contributed by atoms with Gasteiger partial charge >= 0.3 is 0 Å². The van der Waals surface area contributed by atoms with E-state index in [4.69, 9.17) is 9.47 Å². The van der Waals surface area contributed by atoms with Gasteiger partial charge in [-0.05, 0) is 19.1 Å². The molecule has 112 valence electrons. The van der Waals surface area contributed by atoms with Crippen LogP contribution < -0.4 is 14.2 Å². The van der Waals surface area contributed by atoms with E-state index in [2.05, 4.69) is 14.7 Å². The third-order valence-electron chi connectivity index (χ3n) is 3.09. The summed E-state index contributed by atoms with van der Waals surface area (Å²) >= 11 is 0. The van der Waals surface area contributed by atoms with E-state index < -0.39 is 16.1 Å². The Kier molecular flexibility index (Phi) is 3.56. The molecule has 0 bridgehead atoms. The SMILES string of the molecule is CC(NS(=O)(=O)c1ccc2c(c1)OCCO2)c1ncc[nH]1. The number of aromatic amines is 1. The molecule has 0 saturated carbocycles. The van der Waals surface area contributed by atoms with E-state index in [-0.39, 0.29) is 4.90 Å². The average Bonchev–Trinajstić information content (AvgIpc) is 3.00. The molecule has 7 nitrogen and oxygen atoms in total. The van der Waals surface area contributed by atoms with Crippen molar-refractivity contribution in [2.75, 3.05) is 13.2 Å². The molecular weight excluding hydrogens is 294 g/mol. The summed E-state index contributed by atoms with van der Waals surface area (Å²) in [5, 5.41) is 0. The van der Waals surface area contributed by atoms with Crippen LogP contribution >= 0.6 is 0 Å². The van der Waals surface area contributed by atoms with Gasteiger partial charge in [-0.1, -0.05) is 0 Å². The molecule has 0 spiro atoms. The number of rotatable bonds is 4. The summed E-state index contributed by atoms with van der Waals surface area (Å²) in [5.74, 6) is 1.55. The molecule has 21 heavy (non-hydrogen) atoms. The minimum Gasteiger partial charge on any atom is -0.486 e. The number of aromatic nitrogens is 2. The number of benzene rings is 1. The lowest BCUT2D eigenvalue weighted by Crippen LogP contribution is -2.27. The zero-order chi connectivity index (χ0) is 14.9. The first-order chi connectivity index (χ1) is 10.1. The topological polar surface area (TPSA) is 93.3 Å². The molecule has 0 fully saturated rings. The van der Waals surface area contributed by atoms with Gasteiger partial charge in [-0.25, -0.2) is 18.1 Å². The molecule has 2 heterocycles. The van der Waals surface area contributed by atoms with Crippen molar-refractivity contribution in [3.63, 3.8) is 0 Å². The van der Waals surface area contributed by atoms with Crippen LogP contribution in [0.3, 0.4) is 0 Å². The lowest BCUT2D eigenvalue weighted by Gasteiger charge is -2.19. The summed E-state index contributed by atoms with van der Waals surface area (Å²) in [4.78, 5) is 7.04. The first-order valence-corrected chi connectivity index (χ1v) is 7.96. The smallest absolute Gasteiger partial charge is 0.241 e. The minimum absolute atomic E-state index is 0.130. The normalized spacial score (nSPS) is 15.7. The maximum atomic E-state index is 12.4. The van der Waals surface area contributed by atoms with Gasteiger partial charge < -0.3 is 14.5 Å². The molecule has 0 radical (unpaired) electrons. The first-order valence-electron chi connectivity index (χ1n) is 6.47. The molecule has 1 aliphatic heterocycles. The number of nitrogens with one attached hydrogen (secondary N) is 2. The van der Waals surface area contributed by atoms with Crippen LogP contribution in [-0.4, -0.2) is 31.6 Å². The van der Waals surface area contributed by atoms with Gasteiger partial charge in [0, 0.05) is 18.5 Å². The molecule has 0 amide bonds. The van der Waals surface area contributed by atoms with Gasteiger partial charge in [-0.3, -0.25) is 0 Å². The van der Waals surface area contributed by atoms with Crippen molar-refractivity contribution >= 4 is 10.0 Å². The van der Waals surface area contributed by atoms with Gasteiger partial charge in [0.2, 0.25) is 10.0 Å². The van der Waals surface area contributed by atoms with Gasteiger partial charge in [-0.15, -0.1) is 0 Å². The third kappa shape index (κ3) is 2.86. The van der Waals surface area contributed by atoms with Crippen LogP contribution in [0, 0.1) is 0 Å². The Balaban J connectivity index is 1.84. The summed E-state index contributed by atoms with van der Waals surface area (Å²) in [6.07, 6.45) is 3.22. The first kappa shape index (κ1) is 13.9. The summed E-state index contributed by atoms with van der Waals surface area (Å²) in [7, 11) is -3.66.